The van der Waals surface area contributed by atoms with Gasteiger partial charge in [0.1, 0.15) is 5.75 Å². The molecule has 0 spiro atoms. The van der Waals surface area contributed by atoms with Crippen molar-refractivity contribution in [3.05, 3.63) is 78.4 Å². The quantitative estimate of drug-likeness (QED) is 0.215. The number of aromatic hydroxyl groups is 1. The van der Waals surface area contributed by atoms with Gasteiger partial charge < -0.3 is 10.4 Å². The zero-order valence-electron chi connectivity index (χ0n) is 14.3. The van der Waals surface area contributed by atoms with Crippen LogP contribution in [-0.2, 0) is 0 Å². The maximum atomic E-state index is 9.74. The number of hydrogen-bond donors (Lipinski definition) is 3. The van der Waals surface area contributed by atoms with Crippen LogP contribution in [0, 0.1) is 0 Å². The predicted molar refractivity (Wildman–Crippen MR) is 114 cm³/mol. The molecule has 0 aliphatic heterocycles. The second-order valence-electron chi connectivity index (χ2n) is 5.94. The molecule has 0 fully saturated rings. The van der Waals surface area contributed by atoms with E-state index in [1.54, 1.807) is 18.2 Å². The Kier molecular flexibility index (Phi) is 4.63. The SMILES string of the molecule is Oc1ccccc1/C=N\NC(=S)Nc1cccc2cc3ccccc3nc12. The Hall–Kier alpha value is -3.51. The minimum Gasteiger partial charge on any atom is -0.507 e. The Bertz CT molecular complexity index is 1170. The smallest absolute Gasteiger partial charge is 0.191 e. The van der Waals surface area contributed by atoms with Gasteiger partial charge in [0.05, 0.1) is 22.9 Å². The largest absolute Gasteiger partial charge is 0.507 e. The molecule has 5 nitrogen and oxygen atoms in total. The molecule has 0 saturated carbocycles. The number of aromatic nitrogens is 1. The summed E-state index contributed by atoms with van der Waals surface area (Å²) in [5.41, 5.74) is 5.93. The molecule has 0 aliphatic rings. The van der Waals surface area contributed by atoms with Gasteiger partial charge in [-0.15, -0.1) is 0 Å². The Balaban J connectivity index is 1.55. The van der Waals surface area contributed by atoms with Gasteiger partial charge >= 0.3 is 0 Å². The molecule has 0 radical (unpaired) electrons. The molecule has 6 heteroatoms. The first-order chi connectivity index (χ1) is 13.2. The molecule has 0 saturated heterocycles. The lowest BCUT2D eigenvalue weighted by molar-refractivity contribution is 0.474. The average Bonchev–Trinajstić information content (AvgIpc) is 2.68. The molecule has 1 heterocycles. The molecule has 0 unspecified atom stereocenters. The monoisotopic (exact) mass is 372 g/mol. The Labute approximate surface area is 161 Å². The van der Waals surface area contributed by atoms with Crippen molar-refractivity contribution in [1.29, 1.82) is 0 Å². The van der Waals surface area contributed by atoms with Crippen molar-refractivity contribution in [2.24, 2.45) is 5.10 Å². The van der Waals surface area contributed by atoms with Gasteiger partial charge in [-0.2, -0.15) is 5.10 Å². The highest BCUT2D eigenvalue weighted by Crippen LogP contribution is 2.25. The van der Waals surface area contributed by atoms with Crippen LogP contribution < -0.4 is 10.7 Å². The first kappa shape index (κ1) is 16.9. The predicted octanol–water partition coefficient (Wildman–Crippen LogP) is 4.41. The van der Waals surface area contributed by atoms with Crippen molar-refractivity contribution in [2.75, 3.05) is 5.32 Å². The van der Waals surface area contributed by atoms with Gasteiger partial charge in [-0.3, -0.25) is 5.43 Å². The van der Waals surface area contributed by atoms with Gasteiger partial charge in [0.2, 0.25) is 0 Å². The van der Waals surface area contributed by atoms with Crippen LogP contribution >= 0.6 is 12.2 Å². The van der Waals surface area contributed by atoms with Gasteiger partial charge in [-0.1, -0.05) is 42.5 Å². The van der Waals surface area contributed by atoms with Crippen LogP contribution in [0.25, 0.3) is 21.8 Å². The minimum atomic E-state index is 0.159. The molecule has 27 heavy (non-hydrogen) atoms. The van der Waals surface area contributed by atoms with Crippen molar-refractivity contribution in [2.45, 2.75) is 0 Å². The summed E-state index contributed by atoms with van der Waals surface area (Å²) in [5, 5.41) is 19.4. The summed E-state index contributed by atoms with van der Waals surface area (Å²) in [7, 11) is 0. The fourth-order valence-electron chi connectivity index (χ4n) is 2.81. The van der Waals surface area contributed by atoms with Gasteiger partial charge in [0.25, 0.3) is 0 Å². The maximum Gasteiger partial charge on any atom is 0.191 e. The van der Waals surface area contributed by atoms with Crippen LogP contribution in [0.15, 0.2) is 77.9 Å². The molecule has 0 bridgehead atoms. The van der Waals surface area contributed by atoms with Crippen molar-refractivity contribution in [3.63, 3.8) is 0 Å². The van der Waals surface area contributed by atoms with E-state index >= 15 is 0 Å². The minimum absolute atomic E-state index is 0.159. The first-order valence-electron chi connectivity index (χ1n) is 8.37. The van der Waals surface area contributed by atoms with Crippen LogP contribution in [0.5, 0.6) is 5.75 Å². The summed E-state index contributed by atoms with van der Waals surface area (Å²) >= 11 is 5.32. The fourth-order valence-corrected chi connectivity index (χ4v) is 2.97. The summed E-state index contributed by atoms with van der Waals surface area (Å²) in [6.45, 7) is 0. The number of anilines is 1. The van der Waals surface area contributed by atoms with Gasteiger partial charge in [-0.25, -0.2) is 4.98 Å². The molecule has 0 atom stereocenters. The van der Waals surface area contributed by atoms with Crippen LogP contribution in [-0.4, -0.2) is 21.4 Å². The number of rotatable bonds is 3. The summed E-state index contributed by atoms with van der Waals surface area (Å²) in [5.74, 6) is 0.159. The van der Waals surface area contributed by atoms with Crippen LogP contribution in [0.2, 0.25) is 0 Å². The highest BCUT2D eigenvalue weighted by molar-refractivity contribution is 7.80. The maximum absolute atomic E-state index is 9.74. The van der Waals surface area contributed by atoms with E-state index in [2.05, 4.69) is 21.9 Å². The number of pyridine rings is 1. The highest BCUT2D eigenvalue weighted by Gasteiger charge is 2.06. The number of phenols is 1. The number of nitrogens with zero attached hydrogens (tertiary/aromatic N) is 2. The summed E-state index contributed by atoms with van der Waals surface area (Å²) in [6, 6.07) is 22.9. The number of benzene rings is 3. The van der Waals surface area contributed by atoms with Crippen molar-refractivity contribution in [1.82, 2.24) is 10.4 Å². The molecule has 3 aromatic carbocycles. The molecular formula is C21H16N4OS. The lowest BCUT2D eigenvalue weighted by Crippen LogP contribution is -2.24. The van der Waals surface area contributed by atoms with Crippen LogP contribution in [0.1, 0.15) is 5.56 Å². The molecule has 1 aromatic heterocycles. The summed E-state index contributed by atoms with van der Waals surface area (Å²) < 4.78 is 0. The number of nitrogens with one attached hydrogen (secondary N) is 2. The van der Waals surface area contributed by atoms with Crippen molar-refractivity contribution < 1.29 is 5.11 Å². The van der Waals surface area contributed by atoms with E-state index in [0.29, 0.717) is 10.7 Å². The molecular weight excluding hydrogens is 356 g/mol. The number of hydrogen-bond acceptors (Lipinski definition) is 4. The van der Waals surface area contributed by atoms with Gasteiger partial charge in [0.15, 0.2) is 5.11 Å². The van der Waals surface area contributed by atoms with E-state index in [4.69, 9.17) is 17.2 Å². The third-order valence-corrected chi connectivity index (χ3v) is 4.30. The third kappa shape index (κ3) is 3.70. The molecule has 4 aromatic rings. The van der Waals surface area contributed by atoms with Crippen LogP contribution in [0.3, 0.4) is 0 Å². The Morgan fingerprint density at radius 2 is 1.74 bits per heavy atom. The molecule has 0 amide bonds. The Morgan fingerprint density at radius 3 is 2.63 bits per heavy atom. The number of para-hydroxylation sites is 3. The number of phenolic OH excluding ortho intramolecular Hbond substituents is 1. The van der Waals surface area contributed by atoms with E-state index in [0.717, 1.165) is 27.5 Å². The number of hydrazone groups is 1. The molecule has 132 valence electrons. The highest BCUT2D eigenvalue weighted by atomic mass is 32.1. The third-order valence-electron chi connectivity index (χ3n) is 4.10. The normalized spacial score (nSPS) is 11.1. The topological polar surface area (TPSA) is 69.5 Å². The van der Waals surface area contributed by atoms with Crippen molar-refractivity contribution >= 4 is 51.0 Å². The van der Waals surface area contributed by atoms with E-state index < -0.39 is 0 Å². The van der Waals surface area contributed by atoms with E-state index in [9.17, 15) is 5.11 Å². The lowest BCUT2D eigenvalue weighted by Gasteiger charge is -2.10. The zero-order valence-corrected chi connectivity index (χ0v) is 15.1. The molecule has 0 aliphatic carbocycles. The van der Waals surface area contributed by atoms with E-state index in [1.807, 2.05) is 48.5 Å². The standard InChI is InChI=1S/C21H16N4OS/c26-19-11-4-2-7-16(19)13-22-25-21(27)24-18-10-5-8-15-12-14-6-1-3-9-17(14)23-20(15)18/h1-13,26H,(H2,24,25,27)/b22-13-. The van der Waals surface area contributed by atoms with Gasteiger partial charge in [0, 0.05) is 16.3 Å². The van der Waals surface area contributed by atoms with Gasteiger partial charge in [-0.05, 0) is 42.5 Å². The van der Waals surface area contributed by atoms with Crippen molar-refractivity contribution in [3.8, 4) is 5.75 Å². The second-order valence-corrected chi connectivity index (χ2v) is 6.35. The molecule has 3 N–H and O–H groups in total. The summed E-state index contributed by atoms with van der Waals surface area (Å²) in [6.07, 6.45) is 1.51. The number of thiocarbonyl (C=S) groups is 1. The first-order valence-corrected chi connectivity index (χ1v) is 8.78. The lowest BCUT2D eigenvalue weighted by atomic mass is 10.1. The number of fused-ring (bicyclic) bond motifs is 2. The fraction of sp³-hybridized carbons (Fsp3) is 0. The zero-order chi connectivity index (χ0) is 18.6. The summed E-state index contributed by atoms with van der Waals surface area (Å²) in [4.78, 5) is 4.75. The van der Waals surface area contributed by atoms with E-state index in [-0.39, 0.29) is 5.75 Å². The average molecular weight is 372 g/mol. The van der Waals surface area contributed by atoms with E-state index in [1.165, 1.54) is 6.21 Å². The Morgan fingerprint density at radius 1 is 0.963 bits per heavy atom. The molecule has 4 rings (SSSR count). The van der Waals surface area contributed by atoms with Crippen LogP contribution in [0.4, 0.5) is 5.69 Å². The second kappa shape index (κ2) is 7.39.